The summed E-state index contributed by atoms with van der Waals surface area (Å²) in [6.07, 6.45) is 2.39. The third-order valence-electron chi connectivity index (χ3n) is 3.25. The minimum Gasteiger partial charge on any atom is -0.310 e. The van der Waals surface area contributed by atoms with Gasteiger partial charge in [-0.05, 0) is 45.1 Å². The summed E-state index contributed by atoms with van der Waals surface area (Å²) in [5, 5.41) is 3.36. The third-order valence-corrected chi connectivity index (χ3v) is 3.25. The molecule has 3 heteroatoms. The van der Waals surface area contributed by atoms with Crippen molar-refractivity contribution >= 4 is 11.6 Å². The predicted octanol–water partition coefficient (Wildman–Crippen LogP) is 3.29. The highest BCUT2D eigenvalue weighted by Crippen LogP contribution is 2.11. The number of hydrogen-bond acceptors (Lipinski definition) is 3. The van der Waals surface area contributed by atoms with Crippen molar-refractivity contribution < 1.29 is 9.59 Å². The van der Waals surface area contributed by atoms with E-state index in [0.29, 0.717) is 36.1 Å². The van der Waals surface area contributed by atoms with Crippen molar-refractivity contribution in [3.05, 3.63) is 11.1 Å². The van der Waals surface area contributed by atoms with Gasteiger partial charge in [0.1, 0.15) is 0 Å². The molecule has 0 fully saturated rings. The molecule has 0 aliphatic carbocycles. The number of rotatable bonds is 9. The van der Waals surface area contributed by atoms with E-state index in [1.807, 2.05) is 6.92 Å². The summed E-state index contributed by atoms with van der Waals surface area (Å²) >= 11 is 0. The average molecular weight is 267 g/mol. The predicted molar refractivity (Wildman–Crippen MR) is 80.2 cm³/mol. The molecule has 0 bridgehead atoms. The zero-order chi connectivity index (χ0) is 15.0. The lowest BCUT2D eigenvalue weighted by Crippen LogP contribution is -2.31. The van der Waals surface area contributed by atoms with E-state index >= 15 is 0 Å². The van der Waals surface area contributed by atoms with Gasteiger partial charge in [-0.3, -0.25) is 9.59 Å². The maximum Gasteiger partial charge on any atom is 0.160 e. The Labute approximate surface area is 117 Å². The molecule has 0 aliphatic rings. The molecule has 1 unspecified atom stereocenters. The van der Waals surface area contributed by atoms with Gasteiger partial charge in [-0.25, -0.2) is 0 Å². The molecule has 0 aromatic rings. The summed E-state index contributed by atoms with van der Waals surface area (Å²) in [6.45, 7) is 12.2. The Bertz CT molecular complexity index is 343. The maximum absolute atomic E-state index is 12.1. The van der Waals surface area contributed by atoms with Gasteiger partial charge in [0.2, 0.25) is 0 Å². The molecule has 0 amide bonds. The fraction of sp³-hybridized carbons (Fsp3) is 0.750. The number of carbonyl (C=O) groups excluding carboxylic acids is 2. The average Bonchev–Trinajstić information content (AvgIpc) is 2.28. The highest BCUT2D eigenvalue weighted by atomic mass is 16.1. The van der Waals surface area contributed by atoms with Crippen LogP contribution in [0, 0.1) is 5.92 Å². The van der Waals surface area contributed by atoms with Crippen LogP contribution in [0.2, 0.25) is 0 Å². The zero-order valence-corrected chi connectivity index (χ0v) is 13.3. The lowest BCUT2D eigenvalue weighted by molar-refractivity contribution is -0.117. The Morgan fingerprint density at radius 3 is 2.11 bits per heavy atom. The molecule has 0 aromatic carbocycles. The first-order chi connectivity index (χ1) is 8.79. The normalized spacial score (nSPS) is 14.3. The molecule has 3 nitrogen and oxygen atoms in total. The van der Waals surface area contributed by atoms with Gasteiger partial charge < -0.3 is 5.32 Å². The highest BCUT2D eigenvalue weighted by molar-refractivity contribution is 6.05. The van der Waals surface area contributed by atoms with Gasteiger partial charge in [0.05, 0.1) is 0 Å². The molecule has 19 heavy (non-hydrogen) atoms. The molecular formula is C16H29NO2. The molecule has 0 heterocycles. The number of hydrogen-bond donors (Lipinski definition) is 1. The smallest absolute Gasteiger partial charge is 0.160 e. The standard InChI is InChI=1S/C16H29NO2/c1-7-8-16(19)15(13(5)14(6)18)10-17-12(4)9-11(2)3/h11-12,17H,7-10H2,1-6H3/b15-13-. The molecule has 0 aromatic heterocycles. The van der Waals surface area contributed by atoms with E-state index in [4.69, 9.17) is 0 Å². The van der Waals surface area contributed by atoms with Gasteiger partial charge in [0, 0.05) is 24.6 Å². The number of carbonyl (C=O) groups is 2. The SMILES string of the molecule is CCCC(=O)/C(CNC(C)CC(C)C)=C(/C)C(C)=O. The van der Waals surface area contributed by atoms with Crippen LogP contribution in [0.25, 0.3) is 0 Å². The van der Waals surface area contributed by atoms with Gasteiger partial charge in [0.15, 0.2) is 11.6 Å². The van der Waals surface area contributed by atoms with E-state index < -0.39 is 0 Å². The van der Waals surface area contributed by atoms with Crippen LogP contribution in [0.4, 0.5) is 0 Å². The number of ketones is 2. The van der Waals surface area contributed by atoms with Crippen molar-refractivity contribution in [1.29, 1.82) is 0 Å². The monoisotopic (exact) mass is 267 g/mol. The van der Waals surface area contributed by atoms with Crippen LogP contribution in [0.1, 0.15) is 60.8 Å². The van der Waals surface area contributed by atoms with Crippen molar-refractivity contribution in [2.24, 2.45) is 5.92 Å². The van der Waals surface area contributed by atoms with E-state index in [1.165, 1.54) is 6.92 Å². The quantitative estimate of drug-likeness (QED) is 0.652. The van der Waals surface area contributed by atoms with E-state index in [-0.39, 0.29) is 11.6 Å². The fourth-order valence-corrected chi connectivity index (χ4v) is 2.10. The molecule has 0 aliphatic heterocycles. The maximum atomic E-state index is 12.1. The molecule has 0 saturated heterocycles. The second-order valence-corrected chi connectivity index (χ2v) is 5.74. The lowest BCUT2D eigenvalue weighted by atomic mass is 9.98. The van der Waals surface area contributed by atoms with E-state index in [1.54, 1.807) is 6.92 Å². The van der Waals surface area contributed by atoms with Crippen LogP contribution >= 0.6 is 0 Å². The third kappa shape index (κ3) is 7.26. The van der Waals surface area contributed by atoms with Crippen molar-refractivity contribution in [2.75, 3.05) is 6.54 Å². The first-order valence-electron chi connectivity index (χ1n) is 7.26. The summed E-state index contributed by atoms with van der Waals surface area (Å²) in [4.78, 5) is 23.6. The number of allylic oxidation sites excluding steroid dienone is 1. The second-order valence-electron chi connectivity index (χ2n) is 5.74. The molecule has 1 N–H and O–H groups in total. The lowest BCUT2D eigenvalue weighted by Gasteiger charge is -2.18. The minimum atomic E-state index is -0.0160. The van der Waals surface area contributed by atoms with Gasteiger partial charge in [0.25, 0.3) is 0 Å². The first-order valence-corrected chi connectivity index (χ1v) is 7.26. The van der Waals surface area contributed by atoms with Gasteiger partial charge in [-0.1, -0.05) is 20.8 Å². The highest BCUT2D eigenvalue weighted by Gasteiger charge is 2.15. The van der Waals surface area contributed by atoms with Gasteiger partial charge in [-0.2, -0.15) is 0 Å². The summed E-state index contributed by atoms with van der Waals surface area (Å²) in [5.74, 6) is 0.701. The topological polar surface area (TPSA) is 46.2 Å². The zero-order valence-electron chi connectivity index (χ0n) is 13.3. The van der Waals surface area contributed by atoms with Crippen LogP contribution in [0.3, 0.4) is 0 Å². The first kappa shape index (κ1) is 18.0. The Morgan fingerprint density at radius 2 is 1.68 bits per heavy atom. The largest absolute Gasteiger partial charge is 0.310 e. The van der Waals surface area contributed by atoms with Crippen LogP contribution in [0.15, 0.2) is 11.1 Å². The summed E-state index contributed by atoms with van der Waals surface area (Å²) < 4.78 is 0. The van der Waals surface area contributed by atoms with Crippen LogP contribution < -0.4 is 5.32 Å². The van der Waals surface area contributed by atoms with Crippen molar-refractivity contribution in [3.63, 3.8) is 0 Å². The molecule has 0 radical (unpaired) electrons. The summed E-state index contributed by atoms with van der Waals surface area (Å²) in [5.41, 5.74) is 1.26. The van der Waals surface area contributed by atoms with Crippen molar-refractivity contribution in [3.8, 4) is 0 Å². The molecule has 0 rings (SSSR count). The molecule has 0 saturated carbocycles. The van der Waals surface area contributed by atoms with Crippen LogP contribution in [-0.2, 0) is 9.59 Å². The Morgan fingerprint density at radius 1 is 1.11 bits per heavy atom. The van der Waals surface area contributed by atoms with Crippen LogP contribution in [0.5, 0.6) is 0 Å². The Balaban J connectivity index is 4.75. The molecular weight excluding hydrogens is 238 g/mol. The van der Waals surface area contributed by atoms with E-state index in [0.717, 1.165) is 12.8 Å². The molecule has 110 valence electrons. The molecule has 0 spiro atoms. The van der Waals surface area contributed by atoms with Gasteiger partial charge in [-0.15, -0.1) is 0 Å². The van der Waals surface area contributed by atoms with Crippen molar-refractivity contribution in [1.82, 2.24) is 5.32 Å². The van der Waals surface area contributed by atoms with Gasteiger partial charge >= 0.3 is 0 Å². The summed E-state index contributed by atoms with van der Waals surface area (Å²) in [6, 6.07) is 0.351. The molecule has 1 atom stereocenters. The summed E-state index contributed by atoms with van der Waals surface area (Å²) in [7, 11) is 0. The Hall–Kier alpha value is -0.960. The fourth-order valence-electron chi connectivity index (χ4n) is 2.10. The number of nitrogens with one attached hydrogen (secondary N) is 1. The second kappa shape index (κ2) is 9.03. The Kier molecular flexibility index (Phi) is 8.57. The minimum absolute atomic E-state index is 0.0160. The van der Waals surface area contributed by atoms with Crippen LogP contribution in [-0.4, -0.2) is 24.2 Å². The van der Waals surface area contributed by atoms with E-state index in [9.17, 15) is 9.59 Å². The number of Topliss-reactive ketones (excluding diaryl/α,β-unsaturated/α-hetero) is 2. The van der Waals surface area contributed by atoms with Crippen molar-refractivity contribution in [2.45, 2.75) is 66.8 Å². The van der Waals surface area contributed by atoms with E-state index in [2.05, 4.69) is 26.1 Å².